The molecule has 0 fully saturated rings. The van der Waals surface area contributed by atoms with Gasteiger partial charge in [-0.2, -0.15) is 0 Å². The van der Waals surface area contributed by atoms with E-state index in [0.717, 1.165) is 16.8 Å². The van der Waals surface area contributed by atoms with Crippen molar-refractivity contribution in [3.05, 3.63) is 6.07 Å². The third-order valence-corrected chi connectivity index (χ3v) is 3.07. The molecule has 1 unspecified atom stereocenters. The molecule has 1 heterocycles. The third-order valence-electron chi connectivity index (χ3n) is 2.52. The van der Waals surface area contributed by atoms with Crippen LogP contribution in [0.25, 0.3) is 0 Å². The van der Waals surface area contributed by atoms with Crippen LogP contribution in [0.15, 0.2) is 11.2 Å². The second-order valence-electron chi connectivity index (χ2n) is 4.05. The van der Waals surface area contributed by atoms with Gasteiger partial charge in [0.1, 0.15) is 11.6 Å². The van der Waals surface area contributed by atoms with E-state index in [2.05, 4.69) is 41.4 Å². The summed E-state index contributed by atoms with van der Waals surface area (Å²) in [6.07, 6.45) is 1.98. The molecule has 1 atom stereocenters. The SMILES string of the molecule is CNc1cc(NC(C)C(C)C)nc(SC)n1. The second kappa shape index (κ2) is 5.94. The van der Waals surface area contributed by atoms with Gasteiger partial charge in [0.15, 0.2) is 5.16 Å². The summed E-state index contributed by atoms with van der Waals surface area (Å²) in [5.41, 5.74) is 0. The number of nitrogens with one attached hydrogen (secondary N) is 2. The summed E-state index contributed by atoms with van der Waals surface area (Å²) in [5.74, 6) is 2.30. The van der Waals surface area contributed by atoms with E-state index in [0.29, 0.717) is 12.0 Å². The molecule has 0 saturated carbocycles. The summed E-state index contributed by atoms with van der Waals surface area (Å²) in [6, 6.07) is 2.33. The number of aromatic nitrogens is 2. The van der Waals surface area contributed by atoms with Crippen LogP contribution in [-0.2, 0) is 0 Å². The molecule has 0 saturated heterocycles. The number of hydrogen-bond donors (Lipinski definition) is 2. The Labute approximate surface area is 102 Å². The minimum atomic E-state index is 0.398. The van der Waals surface area contributed by atoms with E-state index < -0.39 is 0 Å². The van der Waals surface area contributed by atoms with Gasteiger partial charge in [-0.15, -0.1) is 0 Å². The lowest BCUT2D eigenvalue weighted by Gasteiger charge is -2.18. The monoisotopic (exact) mass is 240 g/mol. The molecular weight excluding hydrogens is 220 g/mol. The van der Waals surface area contributed by atoms with Crippen LogP contribution < -0.4 is 10.6 Å². The van der Waals surface area contributed by atoms with Crippen molar-refractivity contribution in [1.82, 2.24) is 9.97 Å². The molecule has 1 aromatic rings. The van der Waals surface area contributed by atoms with E-state index in [1.807, 2.05) is 19.4 Å². The first kappa shape index (κ1) is 13.1. The molecule has 90 valence electrons. The summed E-state index contributed by atoms with van der Waals surface area (Å²) in [5, 5.41) is 7.21. The lowest BCUT2D eigenvalue weighted by molar-refractivity contribution is 0.557. The van der Waals surface area contributed by atoms with E-state index in [1.54, 1.807) is 11.8 Å². The average Bonchev–Trinajstić information content (AvgIpc) is 2.28. The fourth-order valence-electron chi connectivity index (χ4n) is 1.12. The Morgan fingerprint density at radius 3 is 2.31 bits per heavy atom. The highest BCUT2D eigenvalue weighted by atomic mass is 32.2. The Hall–Kier alpha value is -0.970. The van der Waals surface area contributed by atoms with Crippen molar-refractivity contribution in [1.29, 1.82) is 0 Å². The minimum Gasteiger partial charge on any atom is -0.373 e. The third kappa shape index (κ3) is 3.56. The smallest absolute Gasteiger partial charge is 0.191 e. The zero-order valence-electron chi connectivity index (χ0n) is 10.5. The topological polar surface area (TPSA) is 49.8 Å². The van der Waals surface area contributed by atoms with Crippen LogP contribution in [0.5, 0.6) is 0 Å². The first-order chi connectivity index (χ1) is 7.56. The molecule has 1 aromatic heterocycles. The predicted molar refractivity (Wildman–Crippen MR) is 71.3 cm³/mol. The van der Waals surface area contributed by atoms with Gasteiger partial charge < -0.3 is 10.6 Å². The molecule has 0 amide bonds. The minimum absolute atomic E-state index is 0.398. The summed E-state index contributed by atoms with van der Waals surface area (Å²) in [4.78, 5) is 8.75. The fourth-order valence-corrected chi connectivity index (χ4v) is 1.50. The Balaban J connectivity index is 2.86. The number of thioether (sulfide) groups is 1. The number of anilines is 2. The summed E-state index contributed by atoms with van der Waals surface area (Å²) >= 11 is 1.55. The lowest BCUT2D eigenvalue weighted by Crippen LogP contribution is -2.22. The van der Waals surface area contributed by atoms with E-state index in [1.165, 1.54) is 0 Å². The van der Waals surface area contributed by atoms with Gasteiger partial charge in [0.2, 0.25) is 0 Å². The number of nitrogens with zero attached hydrogens (tertiary/aromatic N) is 2. The van der Waals surface area contributed by atoms with Crippen molar-refractivity contribution in [2.45, 2.75) is 32.0 Å². The molecule has 2 N–H and O–H groups in total. The highest BCUT2D eigenvalue weighted by molar-refractivity contribution is 7.98. The van der Waals surface area contributed by atoms with Crippen molar-refractivity contribution in [2.24, 2.45) is 5.92 Å². The first-order valence-corrected chi connectivity index (χ1v) is 6.66. The molecule has 0 aliphatic rings. The fraction of sp³-hybridized carbons (Fsp3) is 0.636. The van der Waals surface area contributed by atoms with Gasteiger partial charge in [-0.05, 0) is 19.1 Å². The highest BCUT2D eigenvalue weighted by Crippen LogP contribution is 2.18. The molecule has 0 aliphatic heterocycles. The van der Waals surface area contributed by atoms with Gasteiger partial charge in [0.25, 0.3) is 0 Å². The van der Waals surface area contributed by atoms with E-state index >= 15 is 0 Å². The molecule has 16 heavy (non-hydrogen) atoms. The molecular formula is C11H20N4S. The van der Waals surface area contributed by atoms with Gasteiger partial charge in [-0.25, -0.2) is 9.97 Å². The molecule has 0 aliphatic carbocycles. The highest BCUT2D eigenvalue weighted by Gasteiger charge is 2.09. The van der Waals surface area contributed by atoms with Crippen LogP contribution in [0, 0.1) is 5.92 Å². The van der Waals surface area contributed by atoms with Gasteiger partial charge in [0.05, 0.1) is 0 Å². The number of rotatable bonds is 5. The van der Waals surface area contributed by atoms with Crippen LogP contribution in [-0.4, -0.2) is 29.3 Å². The van der Waals surface area contributed by atoms with Crippen LogP contribution in [0.3, 0.4) is 0 Å². The maximum Gasteiger partial charge on any atom is 0.191 e. The van der Waals surface area contributed by atoms with Crippen LogP contribution in [0.2, 0.25) is 0 Å². The summed E-state index contributed by atoms with van der Waals surface area (Å²) in [7, 11) is 1.86. The zero-order valence-corrected chi connectivity index (χ0v) is 11.4. The molecule has 0 bridgehead atoms. The van der Waals surface area contributed by atoms with Crippen LogP contribution in [0.1, 0.15) is 20.8 Å². The Kier molecular flexibility index (Phi) is 4.86. The first-order valence-electron chi connectivity index (χ1n) is 5.44. The van der Waals surface area contributed by atoms with Gasteiger partial charge in [-0.1, -0.05) is 25.6 Å². The van der Waals surface area contributed by atoms with Crippen molar-refractivity contribution >= 4 is 23.4 Å². The molecule has 4 nitrogen and oxygen atoms in total. The van der Waals surface area contributed by atoms with Crippen molar-refractivity contribution in [3.63, 3.8) is 0 Å². The van der Waals surface area contributed by atoms with Crippen molar-refractivity contribution < 1.29 is 0 Å². The second-order valence-corrected chi connectivity index (χ2v) is 4.83. The van der Waals surface area contributed by atoms with E-state index in [4.69, 9.17) is 0 Å². The maximum atomic E-state index is 4.42. The van der Waals surface area contributed by atoms with Gasteiger partial charge in [0, 0.05) is 19.2 Å². The van der Waals surface area contributed by atoms with Crippen LogP contribution in [0.4, 0.5) is 11.6 Å². The average molecular weight is 240 g/mol. The van der Waals surface area contributed by atoms with E-state index in [9.17, 15) is 0 Å². The van der Waals surface area contributed by atoms with E-state index in [-0.39, 0.29) is 0 Å². The quantitative estimate of drug-likeness (QED) is 0.612. The molecule has 1 rings (SSSR count). The van der Waals surface area contributed by atoms with Crippen molar-refractivity contribution in [3.8, 4) is 0 Å². The zero-order chi connectivity index (χ0) is 12.1. The molecule has 0 aromatic carbocycles. The summed E-state index contributed by atoms with van der Waals surface area (Å²) < 4.78 is 0. The molecule has 0 radical (unpaired) electrons. The van der Waals surface area contributed by atoms with Gasteiger partial charge in [-0.3, -0.25) is 0 Å². The van der Waals surface area contributed by atoms with Crippen LogP contribution >= 0.6 is 11.8 Å². The Morgan fingerprint density at radius 2 is 1.81 bits per heavy atom. The molecule has 0 spiro atoms. The van der Waals surface area contributed by atoms with Gasteiger partial charge >= 0.3 is 0 Å². The number of hydrogen-bond acceptors (Lipinski definition) is 5. The lowest BCUT2D eigenvalue weighted by atomic mass is 10.1. The largest absolute Gasteiger partial charge is 0.373 e. The Bertz CT molecular complexity index is 319. The summed E-state index contributed by atoms with van der Waals surface area (Å²) in [6.45, 7) is 6.53. The predicted octanol–water partition coefficient (Wildman–Crippen LogP) is 2.70. The molecule has 5 heteroatoms. The Morgan fingerprint density at radius 1 is 1.19 bits per heavy atom. The standard InChI is InChI=1S/C11H20N4S/c1-7(2)8(3)13-10-6-9(12-4)14-11(15-10)16-5/h6-8H,1-5H3,(H2,12,13,14,15). The normalized spacial score (nSPS) is 12.6. The van der Waals surface area contributed by atoms with Crippen molar-refractivity contribution in [2.75, 3.05) is 23.9 Å². The maximum absolute atomic E-state index is 4.42.